The van der Waals surface area contributed by atoms with Crippen LogP contribution in [0.15, 0.2) is 121 Å². The maximum Gasteiger partial charge on any atom is 0.0242 e. The summed E-state index contributed by atoms with van der Waals surface area (Å²) >= 11 is 0. The van der Waals surface area contributed by atoms with Crippen molar-refractivity contribution in [3.8, 4) is 22.3 Å². The Morgan fingerprint density at radius 1 is 0.812 bits per heavy atom. The van der Waals surface area contributed by atoms with E-state index in [1.54, 1.807) is 0 Å². The molecule has 0 spiro atoms. The van der Waals surface area contributed by atoms with Crippen LogP contribution in [0.2, 0.25) is 0 Å². The lowest BCUT2D eigenvalue weighted by molar-refractivity contribution is 0.389. The monoisotopic (exact) mass is 627 g/mol. The number of hydrogen-bond acceptors (Lipinski definition) is 1. The predicted molar refractivity (Wildman–Crippen MR) is 207 cm³/mol. The standard InChI is InChI=1S/C45H43N.C2H6/c1-5-44(4)41-26-33(32-9-7-6-8-10-32)16-22-38(41)42-39-25-31(28-46)15-21-36(39)40-27-45(24-23-37(40)43(42)44,34-17-11-29(2)12-18-34)35-19-13-30(3)14-20-35;1-2/h6-19,21-26,35H,5,20,27-28,46H2,1-4H3;1-2H3. The van der Waals surface area contributed by atoms with Crippen molar-refractivity contribution in [3.63, 3.8) is 0 Å². The van der Waals surface area contributed by atoms with Crippen molar-refractivity contribution in [1.29, 1.82) is 0 Å². The Hall–Kier alpha value is -4.46. The average Bonchev–Trinajstić information content (AvgIpc) is 3.41. The zero-order chi connectivity index (χ0) is 33.6. The highest BCUT2D eigenvalue weighted by Crippen LogP contribution is 2.58. The molecule has 0 radical (unpaired) electrons. The molecule has 3 aliphatic rings. The normalized spacial score (nSPS) is 22.0. The lowest BCUT2D eigenvalue weighted by atomic mass is 9.60. The zero-order valence-corrected chi connectivity index (χ0v) is 29.5. The van der Waals surface area contributed by atoms with E-state index < -0.39 is 0 Å². The topological polar surface area (TPSA) is 26.0 Å². The summed E-state index contributed by atoms with van der Waals surface area (Å²) in [4.78, 5) is 0. The molecular formula is C47H49N. The highest BCUT2D eigenvalue weighted by atomic mass is 14.5. The minimum absolute atomic E-state index is 0.106. The van der Waals surface area contributed by atoms with E-state index in [2.05, 4.69) is 149 Å². The minimum Gasteiger partial charge on any atom is -0.326 e. The van der Waals surface area contributed by atoms with Crippen LogP contribution in [0.3, 0.4) is 0 Å². The van der Waals surface area contributed by atoms with Gasteiger partial charge in [-0.3, -0.25) is 0 Å². The van der Waals surface area contributed by atoms with Crippen LogP contribution in [0.5, 0.6) is 0 Å². The molecule has 1 nitrogen and oxygen atoms in total. The summed E-state index contributed by atoms with van der Waals surface area (Å²) in [6.45, 7) is 13.8. The van der Waals surface area contributed by atoms with Crippen LogP contribution >= 0.6 is 0 Å². The molecule has 0 heterocycles. The molecule has 0 aliphatic heterocycles. The molecule has 8 rings (SSSR count). The SMILES string of the molecule is CC.CCC1(C)c2cc(-c3ccccc3)ccc2-c2c1c1c(c3ccc(CN)cc23)CC(c2ccc(C)cc2)(C2C=CC(C)=CC2)C=C1. The fourth-order valence-corrected chi connectivity index (χ4v) is 8.74. The quantitative estimate of drug-likeness (QED) is 0.206. The summed E-state index contributed by atoms with van der Waals surface area (Å²) < 4.78 is 0. The van der Waals surface area contributed by atoms with Crippen molar-refractivity contribution in [2.24, 2.45) is 11.7 Å². The molecule has 1 heteroatoms. The van der Waals surface area contributed by atoms with Crippen molar-refractivity contribution in [3.05, 3.63) is 160 Å². The summed E-state index contributed by atoms with van der Waals surface area (Å²) in [5.74, 6) is 0.387. The molecule has 3 aliphatic carbocycles. The van der Waals surface area contributed by atoms with Gasteiger partial charge in [0, 0.05) is 17.4 Å². The van der Waals surface area contributed by atoms with Crippen molar-refractivity contribution in [2.75, 3.05) is 0 Å². The summed E-state index contributed by atoms with van der Waals surface area (Å²) in [5, 5.41) is 2.72. The Labute approximate surface area is 287 Å². The third-order valence-electron chi connectivity index (χ3n) is 11.6. The third-order valence-corrected chi connectivity index (χ3v) is 11.6. The van der Waals surface area contributed by atoms with Gasteiger partial charge in [0.2, 0.25) is 0 Å². The van der Waals surface area contributed by atoms with E-state index in [9.17, 15) is 0 Å². The van der Waals surface area contributed by atoms with Gasteiger partial charge in [-0.25, -0.2) is 0 Å². The van der Waals surface area contributed by atoms with Gasteiger partial charge in [0.05, 0.1) is 0 Å². The molecule has 2 N–H and O–H groups in total. The van der Waals surface area contributed by atoms with Crippen molar-refractivity contribution in [2.45, 2.75) is 78.2 Å². The largest absolute Gasteiger partial charge is 0.326 e. The van der Waals surface area contributed by atoms with E-state index in [-0.39, 0.29) is 10.8 Å². The maximum absolute atomic E-state index is 6.30. The van der Waals surface area contributed by atoms with Gasteiger partial charge >= 0.3 is 0 Å². The second-order valence-corrected chi connectivity index (χ2v) is 14.1. The Balaban J connectivity index is 0.00000179. The van der Waals surface area contributed by atoms with E-state index in [1.165, 1.54) is 77.5 Å². The van der Waals surface area contributed by atoms with Gasteiger partial charge in [-0.05, 0) is 118 Å². The molecule has 5 aromatic carbocycles. The third kappa shape index (κ3) is 4.94. The predicted octanol–water partition coefficient (Wildman–Crippen LogP) is 12.0. The van der Waals surface area contributed by atoms with Crippen molar-refractivity contribution in [1.82, 2.24) is 0 Å². The van der Waals surface area contributed by atoms with Crippen LogP contribution in [-0.2, 0) is 23.8 Å². The first-order valence-electron chi connectivity index (χ1n) is 18.0. The highest BCUT2D eigenvalue weighted by molar-refractivity contribution is 6.07. The Bertz CT molecular complexity index is 2090. The number of benzene rings is 5. The molecule has 48 heavy (non-hydrogen) atoms. The van der Waals surface area contributed by atoms with Gasteiger partial charge in [-0.2, -0.15) is 0 Å². The number of rotatable bonds is 5. The van der Waals surface area contributed by atoms with Gasteiger partial charge in [0.25, 0.3) is 0 Å². The molecule has 0 amide bonds. The molecule has 242 valence electrons. The van der Waals surface area contributed by atoms with Crippen LogP contribution in [0.25, 0.3) is 39.1 Å². The first kappa shape index (κ1) is 32.1. The molecule has 0 fully saturated rings. The number of aryl methyl sites for hydroxylation is 1. The van der Waals surface area contributed by atoms with Gasteiger partial charge in [-0.1, -0.05) is 148 Å². The average molecular weight is 628 g/mol. The van der Waals surface area contributed by atoms with Crippen LogP contribution in [0.4, 0.5) is 0 Å². The second kappa shape index (κ2) is 12.5. The van der Waals surface area contributed by atoms with Crippen LogP contribution in [0, 0.1) is 12.8 Å². The molecule has 0 saturated carbocycles. The molecule has 3 atom stereocenters. The Morgan fingerprint density at radius 2 is 1.58 bits per heavy atom. The molecule has 5 aromatic rings. The van der Waals surface area contributed by atoms with Gasteiger partial charge < -0.3 is 5.73 Å². The molecule has 0 bridgehead atoms. The summed E-state index contributed by atoms with van der Waals surface area (Å²) in [5.41, 5.74) is 22.5. The second-order valence-electron chi connectivity index (χ2n) is 14.1. The molecule has 0 saturated heterocycles. The molecule has 3 unspecified atom stereocenters. The fourth-order valence-electron chi connectivity index (χ4n) is 8.74. The van der Waals surface area contributed by atoms with E-state index in [1.807, 2.05) is 13.8 Å². The van der Waals surface area contributed by atoms with E-state index >= 15 is 0 Å². The van der Waals surface area contributed by atoms with Gasteiger partial charge in [0.15, 0.2) is 0 Å². The lowest BCUT2D eigenvalue weighted by Crippen LogP contribution is -2.37. The van der Waals surface area contributed by atoms with Crippen molar-refractivity contribution < 1.29 is 0 Å². The van der Waals surface area contributed by atoms with Crippen molar-refractivity contribution >= 4 is 16.8 Å². The number of hydrogen-bond donors (Lipinski definition) is 1. The maximum atomic E-state index is 6.30. The first-order valence-corrected chi connectivity index (χ1v) is 18.0. The number of allylic oxidation sites excluding steroid dienone is 5. The Morgan fingerprint density at radius 3 is 2.27 bits per heavy atom. The fraction of sp³-hybridized carbons (Fsp3) is 0.277. The van der Waals surface area contributed by atoms with Gasteiger partial charge in [0.1, 0.15) is 0 Å². The van der Waals surface area contributed by atoms with Crippen LogP contribution in [0.1, 0.15) is 86.4 Å². The Kier molecular flexibility index (Phi) is 8.38. The summed E-state index contributed by atoms with van der Waals surface area (Å²) in [6.07, 6.45) is 15.4. The molecule has 0 aromatic heterocycles. The van der Waals surface area contributed by atoms with E-state index in [0.717, 1.165) is 19.3 Å². The van der Waals surface area contributed by atoms with Gasteiger partial charge in [-0.15, -0.1) is 0 Å². The highest BCUT2D eigenvalue weighted by Gasteiger charge is 2.45. The first-order chi connectivity index (χ1) is 23.4. The van der Waals surface area contributed by atoms with Crippen LogP contribution < -0.4 is 5.73 Å². The smallest absolute Gasteiger partial charge is 0.0242 e. The molecular weight excluding hydrogens is 579 g/mol. The number of nitrogens with two attached hydrogens (primary N) is 1. The number of fused-ring (bicyclic) bond motifs is 8. The van der Waals surface area contributed by atoms with E-state index in [0.29, 0.717) is 12.5 Å². The van der Waals surface area contributed by atoms with E-state index in [4.69, 9.17) is 5.73 Å². The summed E-state index contributed by atoms with van der Waals surface area (Å²) in [6, 6.07) is 34.4. The van der Waals surface area contributed by atoms with Crippen LogP contribution in [-0.4, -0.2) is 0 Å². The summed E-state index contributed by atoms with van der Waals surface area (Å²) in [7, 11) is 0. The lowest BCUT2D eigenvalue weighted by Gasteiger charge is -2.43. The zero-order valence-electron chi connectivity index (χ0n) is 29.5. The minimum atomic E-state index is -0.128.